The quantitative estimate of drug-likeness (QED) is 0.325. The van der Waals surface area contributed by atoms with Crippen LogP contribution in [0.25, 0.3) is 11.3 Å². The minimum Gasteiger partial charge on any atom is -0.382 e. The molecular formula is C34H37ClFN9O4. The number of piperazine rings is 1. The van der Waals surface area contributed by atoms with Gasteiger partial charge in [0.1, 0.15) is 23.4 Å². The van der Waals surface area contributed by atoms with Crippen LogP contribution in [0.1, 0.15) is 58.9 Å². The minimum atomic E-state index is -1.16. The molecule has 7 rings (SSSR count). The molecule has 1 atom stereocenters. The number of nitrogen functional groups attached to an aromatic ring is 1. The number of nitrogens with zero attached hydrogens (tertiary/aromatic N) is 6. The van der Waals surface area contributed by atoms with E-state index in [2.05, 4.69) is 36.9 Å². The van der Waals surface area contributed by atoms with Crippen molar-refractivity contribution in [1.82, 2.24) is 25.1 Å². The molecule has 13 nitrogen and oxygen atoms in total. The Morgan fingerprint density at radius 3 is 2.41 bits per heavy atom. The van der Waals surface area contributed by atoms with Crippen LogP contribution < -0.4 is 26.6 Å². The standard InChI is InChI=1S/C34H37ClFN9O4/c1-34(38)9-11-44(12-10-34)24-17-39-29(30(37)40-24)21-3-2-4-22(27(21)35)43-15-13-42(14-16-43)18-19-5-6-20-26(28(19)36)33(49)45(32(20)48)23-7-8-25(46)41-31(23)47/h2-6,17,23H,7-16,18,38H2,1H3,(H2,37,40)(H,41,46,47). The number of amides is 4. The number of hydrogen-bond donors (Lipinski definition) is 3. The summed E-state index contributed by atoms with van der Waals surface area (Å²) in [5.41, 5.74) is 14.4. The van der Waals surface area contributed by atoms with E-state index < -0.39 is 35.5 Å². The summed E-state index contributed by atoms with van der Waals surface area (Å²) >= 11 is 6.96. The van der Waals surface area contributed by atoms with Crippen LogP contribution in [0, 0.1) is 5.82 Å². The average Bonchev–Trinajstić information content (AvgIpc) is 3.32. The van der Waals surface area contributed by atoms with E-state index in [9.17, 15) is 19.2 Å². The van der Waals surface area contributed by atoms with Gasteiger partial charge in [0.25, 0.3) is 11.8 Å². The summed E-state index contributed by atoms with van der Waals surface area (Å²) in [4.78, 5) is 66.7. The Labute approximate surface area is 287 Å². The van der Waals surface area contributed by atoms with Crippen LogP contribution in [0.5, 0.6) is 0 Å². The summed E-state index contributed by atoms with van der Waals surface area (Å²) in [7, 11) is 0. The molecule has 15 heteroatoms. The van der Waals surface area contributed by atoms with Gasteiger partial charge in [0.15, 0.2) is 5.82 Å². The zero-order chi connectivity index (χ0) is 34.6. The lowest BCUT2D eigenvalue weighted by Crippen LogP contribution is -2.54. The van der Waals surface area contributed by atoms with Gasteiger partial charge in [0.05, 0.1) is 28.0 Å². The predicted molar refractivity (Wildman–Crippen MR) is 181 cm³/mol. The lowest BCUT2D eigenvalue weighted by Gasteiger charge is -2.37. The van der Waals surface area contributed by atoms with Crippen LogP contribution in [0.4, 0.5) is 21.7 Å². The van der Waals surface area contributed by atoms with Gasteiger partial charge in [0, 0.05) is 68.9 Å². The topological polar surface area (TPSA) is 171 Å². The fraction of sp³-hybridized carbons (Fsp3) is 0.412. The van der Waals surface area contributed by atoms with Crippen LogP contribution in [0.2, 0.25) is 5.02 Å². The van der Waals surface area contributed by atoms with Crippen molar-refractivity contribution in [3.8, 4) is 11.3 Å². The molecule has 5 heterocycles. The highest BCUT2D eigenvalue weighted by Crippen LogP contribution is 2.38. The SMILES string of the molecule is CC1(N)CCN(c2cnc(-c3cccc(N4CCN(Cc5ccc6c(c5F)C(=O)N(C5CCC(=O)NC5=O)C6=O)CC4)c3Cl)c(N)n2)CC1. The Balaban J connectivity index is 1.02. The van der Waals surface area contributed by atoms with Crippen molar-refractivity contribution >= 4 is 52.6 Å². The Hall–Kier alpha value is -4.66. The number of carbonyl (C=O) groups excluding carboxylic acids is 4. The molecule has 256 valence electrons. The van der Waals surface area contributed by atoms with Crippen molar-refractivity contribution in [1.29, 1.82) is 0 Å². The maximum Gasteiger partial charge on any atom is 0.265 e. The van der Waals surface area contributed by atoms with E-state index in [1.54, 1.807) is 6.20 Å². The maximum absolute atomic E-state index is 15.8. The molecule has 49 heavy (non-hydrogen) atoms. The molecule has 0 saturated carbocycles. The Bertz CT molecular complexity index is 1870. The van der Waals surface area contributed by atoms with Gasteiger partial charge in [0.2, 0.25) is 11.8 Å². The van der Waals surface area contributed by atoms with Crippen molar-refractivity contribution in [2.45, 2.75) is 50.7 Å². The number of halogens is 2. The van der Waals surface area contributed by atoms with Gasteiger partial charge in [-0.15, -0.1) is 0 Å². The number of imide groups is 2. The zero-order valence-corrected chi connectivity index (χ0v) is 27.8. The van der Waals surface area contributed by atoms with E-state index in [0.29, 0.717) is 54.1 Å². The number of anilines is 3. The molecule has 3 saturated heterocycles. The van der Waals surface area contributed by atoms with Crippen molar-refractivity contribution in [3.05, 3.63) is 64.1 Å². The number of benzene rings is 2. The number of hydrogen-bond acceptors (Lipinski definition) is 11. The van der Waals surface area contributed by atoms with Gasteiger partial charge in [-0.25, -0.2) is 14.4 Å². The second-order valence-electron chi connectivity index (χ2n) is 13.4. The van der Waals surface area contributed by atoms with Gasteiger partial charge in [-0.1, -0.05) is 29.8 Å². The molecule has 3 aromatic rings. The van der Waals surface area contributed by atoms with Crippen molar-refractivity contribution in [2.24, 2.45) is 5.73 Å². The first kappa shape index (κ1) is 32.9. The third kappa shape index (κ3) is 6.08. The van der Waals surface area contributed by atoms with E-state index in [0.717, 1.165) is 36.5 Å². The third-order valence-electron chi connectivity index (χ3n) is 9.98. The number of carbonyl (C=O) groups is 4. The Kier molecular flexibility index (Phi) is 8.49. The van der Waals surface area contributed by atoms with Gasteiger partial charge in [-0.3, -0.25) is 34.3 Å². The summed E-state index contributed by atoms with van der Waals surface area (Å²) in [5, 5.41) is 2.66. The van der Waals surface area contributed by atoms with E-state index in [-0.39, 0.29) is 41.6 Å². The third-order valence-corrected chi connectivity index (χ3v) is 10.4. The van der Waals surface area contributed by atoms with Gasteiger partial charge in [-0.05, 0) is 38.3 Å². The van der Waals surface area contributed by atoms with E-state index in [1.165, 1.54) is 12.1 Å². The first-order valence-electron chi connectivity index (χ1n) is 16.4. The van der Waals surface area contributed by atoms with E-state index in [1.807, 2.05) is 18.2 Å². The summed E-state index contributed by atoms with van der Waals surface area (Å²) in [6, 6.07) is 7.50. The average molecular weight is 690 g/mol. The van der Waals surface area contributed by atoms with Crippen LogP contribution in [0.15, 0.2) is 36.5 Å². The summed E-state index contributed by atoms with van der Waals surface area (Å²) in [6.45, 7) is 6.22. The highest BCUT2D eigenvalue weighted by Gasteiger charge is 2.46. The lowest BCUT2D eigenvalue weighted by atomic mass is 9.91. The Morgan fingerprint density at radius 1 is 0.980 bits per heavy atom. The minimum absolute atomic E-state index is 0.00282. The smallest absolute Gasteiger partial charge is 0.265 e. The molecule has 4 aliphatic heterocycles. The molecule has 5 N–H and O–H groups in total. The maximum atomic E-state index is 15.8. The number of nitrogens with two attached hydrogens (primary N) is 2. The molecule has 0 radical (unpaired) electrons. The molecule has 2 aromatic carbocycles. The molecule has 4 aliphatic rings. The van der Waals surface area contributed by atoms with Gasteiger partial charge < -0.3 is 21.3 Å². The van der Waals surface area contributed by atoms with E-state index >= 15 is 4.39 Å². The largest absolute Gasteiger partial charge is 0.382 e. The van der Waals surface area contributed by atoms with E-state index in [4.69, 9.17) is 23.1 Å². The van der Waals surface area contributed by atoms with Crippen molar-refractivity contribution < 1.29 is 23.6 Å². The second-order valence-corrected chi connectivity index (χ2v) is 13.8. The monoisotopic (exact) mass is 689 g/mol. The van der Waals surface area contributed by atoms with Gasteiger partial charge in [-0.2, -0.15) is 0 Å². The highest BCUT2D eigenvalue weighted by molar-refractivity contribution is 6.36. The summed E-state index contributed by atoms with van der Waals surface area (Å²) in [5.74, 6) is -2.58. The van der Waals surface area contributed by atoms with Crippen LogP contribution in [-0.2, 0) is 16.1 Å². The fourth-order valence-electron chi connectivity index (χ4n) is 7.02. The first-order chi connectivity index (χ1) is 23.4. The van der Waals surface area contributed by atoms with Crippen LogP contribution in [0.3, 0.4) is 0 Å². The molecule has 4 amide bonds. The number of piperidine rings is 2. The normalized spacial score (nSPS) is 21.3. The summed E-state index contributed by atoms with van der Waals surface area (Å²) in [6.07, 6.45) is 3.42. The number of nitrogens with one attached hydrogen (secondary N) is 1. The second kappa shape index (κ2) is 12.7. The number of fused-ring (bicyclic) bond motifs is 1. The molecular weight excluding hydrogens is 653 g/mol. The fourth-order valence-corrected chi connectivity index (χ4v) is 7.35. The number of aromatic nitrogens is 2. The van der Waals surface area contributed by atoms with Crippen molar-refractivity contribution in [2.75, 3.05) is 54.8 Å². The number of rotatable bonds is 6. The first-order valence-corrected chi connectivity index (χ1v) is 16.7. The highest BCUT2D eigenvalue weighted by atomic mass is 35.5. The molecule has 1 unspecified atom stereocenters. The predicted octanol–water partition coefficient (Wildman–Crippen LogP) is 2.56. The van der Waals surface area contributed by atoms with Crippen LogP contribution in [-0.4, -0.2) is 94.2 Å². The Morgan fingerprint density at radius 2 is 1.71 bits per heavy atom. The molecule has 0 spiro atoms. The van der Waals surface area contributed by atoms with Crippen LogP contribution >= 0.6 is 11.6 Å². The molecule has 0 bridgehead atoms. The molecule has 1 aromatic heterocycles. The van der Waals surface area contributed by atoms with Gasteiger partial charge >= 0.3 is 0 Å². The summed E-state index contributed by atoms with van der Waals surface area (Å²) < 4.78 is 15.8. The zero-order valence-electron chi connectivity index (χ0n) is 27.0. The van der Waals surface area contributed by atoms with Crippen molar-refractivity contribution in [3.63, 3.8) is 0 Å². The molecule has 0 aliphatic carbocycles. The lowest BCUT2D eigenvalue weighted by molar-refractivity contribution is -0.136. The molecule has 3 fully saturated rings.